The minimum atomic E-state index is -1.17. The fourth-order valence-corrected chi connectivity index (χ4v) is 1.79. The largest absolute Gasteiger partial charge is 0.465 e. The second-order valence-corrected chi connectivity index (χ2v) is 3.69. The van der Waals surface area contributed by atoms with Gasteiger partial charge in [0.2, 0.25) is 0 Å². The molecule has 4 nitrogen and oxygen atoms in total. The van der Waals surface area contributed by atoms with Crippen LogP contribution in [-0.4, -0.2) is 18.9 Å². The lowest BCUT2D eigenvalue weighted by Crippen LogP contribution is -2.29. The van der Waals surface area contributed by atoms with Gasteiger partial charge in [-0.15, -0.1) is 0 Å². The van der Waals surface area contributed by atoms with E-state index in [-0.39, 0.29) is 13.0 Å². The number of carbonyl (C=O) groups is 2. The molecule has 1 aliphatic carbocycles. The molecule has 0 spiro atoms. The maximum Gasteiger partial charge on any atom is 0.327 e. The molecule has 1 unspecified atom stereocenters. The molecule has 0 radical (unpaired) electrons. The zero-order chi connectivity index (χ0) is 11.5. The lowest BCUT2D eigenvalue weighted by atomic mass is 9.85. The molecule has 1 rings (SSSR count). The number of hydrogen-bond acceptors (Lipinski definition) is 4. The van der Waals surface area contributed by atoms with Crippen molar-refractivity contribution in [3.63, 3.8) is 0 Å². The molecule has 0 aliphatic heterocycles. The number of allylic oxidation sites excluding steroid dienone is 2. The van der Waals surface area contributed by atoms with Crippen LogP contribution < -0.4 is 0 Å². The number of nitriles is 1. The number of rotatable bonds is 3. The van der Waals surface area contributed by atoms with Crippen LogP contribution >= 0.6 is 0 Å². The fraction of sp³-hybridized carbons (Fsp3) is 0.545. The number of hydrogen-bond donors (Lipinski definition) is 0. The summed E-state index contributed by atoms with van der Waals surface area (Å²) < 4.78 is 4.86. The average Bonchev–Trinajstić information content (AvgIpc) is 2.57. The first kappa shape index (κ1) is 11.4. The highest BCUT2D eigenvalue weighted by atomic mass is 16.5. The zero-order valence-corrected chi connectivity index (χ0v) is 8.87. The Morgan fingerprint density at radius 2 is 2.33 bits per heavy atom. The van der Waals surface area contributed by atoms with Gasteiger partial charge >= 0.3 is 5.97 Å². The van der Waals surface area contributed by atoms with Crippen molar-refractivity contribution < 1.29 is 14.3 Å². The SMILES string of the molecule is CCOC(=O)C1(C#N)CC(C)=C(C=O)C1. The Bertz CT molecular complexity index is 365. The second-order valence-electron chi connectivity index (χ2n) is 3.69. The van der Waals surface area contributed by atoms with Crippen molar-refractivity contribution in [3.05, 3.63) is 11.1 Å². The van der Waals surface area contributed by atoms with Gasteiger partial charge in [0, 0.05) is 6.42 Å². The van der Waals surface area contributed by atoms with E-state index in [2.05, 4.69) is 0 Å². The van der Waals surface area contributed by atoms with E-state index in [0.717, 1.165) is 5.57 Å². The molecule has 1 aliphatic rings. The molecule has 1 atom stereocenters. The smallest absolute Gasteiger partial charge is 0.327 e. The first-order valence-corrected chi connectivity index (χ1v) is 4.82. The van der Waals surface area contributed by atoms with Crippen LogP contribution in [0.4, 0.5) is 0 Å². The quantitative estimate of drug-likeness (QED) is 0.517. The Morgan fingerprint density at radius 1 is 1.67 bits per heavy atom. The molecule has 0 N–H and O–H groups in total. The fourth-order valence-electron chi connectivity index (χ4n) is 1.79. The number of aldehydes is 1. The monoisotopic (exact) mass is 207 g/mol. The van der Waals surface area contributed by atoms with Gasteiger partial charge in [0.05, 0.1) is 12.7 Å². The van der Waals surface area contributed by atoms with Crippen LogP contribution in [0.15, 0.2) is 11.1 Å². The van der Waals surface area contributed by atoms with Gasteiger partial charge in [-0.1, -0.05) is 5.57 Å². The minimum Gasteiger partial charge on any atom is -0.465 e. The van der Waals surface area contributed by atoms with Crippen LogP contribution in [0.3, 0.4) is 0 Å². The van der Waals surface area contributed by atoms with E-state index in [4.69, 9.17) is 10.00 Å². The number of esters is 1. The Kier molecular flexibility index (Phi) is 3.25. The van der Waals surface area contributed by atoms with Crippen LogP contribution in [0, 0.1) is 16.7 Å². The lowest BCUT2D eigenvalue weighted by molar-refractivity contribution is -0.151. The number of carbonyl (C=O) groups excluding carboxylic acids is 2. The number of ether oxygens (including phenoxy) is 1. The maximum absolute atomic E-state index is 11.6. The summed E-state index contributed by atoms with van der Waals surface area (Å²) in [6, 6.07) is 1.98. The third kappa shape index (κ3) is 1.91. The highest BCUT2D eigenvalue weighted by Crippen LogP contribution is 2.41. The van der Waals surface area contributed by atoms with Gasteiger partial charge in [-0.25, -0.2) is 0 Å². The third-order valence-electron chi connectivity index (χ3n) is 2.63. The normalized spacial score (nSPS) is 24.9. The topological polar surface area (TPSA) is 67.2 Å². The van der Waals surface area contributed by atoms with E-state index in [1.165, 1.54) is 0 Å². The van der Waals surface area contributed by atoms with E-state index in [1.807, 2.05) is 6.07 Å². The molecule has 15 heavy (non-hydrogen) atoms. The summed E-state index contributed by atoms with van der Waals surface area (Å²) in [5.41, 5.74) is 0.181. The van der Waals surface area contributed by atoms with Gasteiger partial charge in [0.25, 0.3) is 0 Å². The van der Waals surface area contributed by atoms with Gasteiger partial charge in [0.1, 0.15) is 6.29 Å². The Hall–Kier alpha value is -1.63. The summed E-state index contributed by atoms with van der Waals surface area (Å²) in [4.78, 5) is 22.3. The molecule has 0 saturated heterocycles. The summed E-state index contributed by atoms with van der Waals surface area (Å²) in [7, 11) is 0. The highest BCUT2D eigenvalue weighted by Gasteiger charge is 2.45. The Balaban J connectivity index is 2.91. The molecule has 0 bridgehead atoms. The summed E-state index contributed by atoms with van der Waals surface area (Å²) >= 11 is 0. The van der Waals surface area contributed by atoms with Gasteiger partial charge in [-0.3, -0.25) is 9.59 Å². The van der Waals surface area contributed by atoms with E-state index >= 15 is 0 Å². The van der Waals surface area contributed by atoms with E-state index in [0.29, 0.717) is 18.3 Å². The summed E-state index contributed by atoms with van der Waals surface area (Å²) in [5.74, 6) is -0.524. The molecule has 4 heteroatoms. The van der Waals surface area contributed by atoms with Crippen molar-refractivity contribution in [2.75, 3.05) is 6.61 Å². The predicted octanol–water partition coefficient (Wildman–Crippen LogP) is 1.37. The summed E-state index contributed by atoms with van der Waals surface area (Å²) in [6.45, 7) is 3.71. The Morgan fingerprint density at radius 3 is 2.73 bits per heavy atom. The van der Waals surface area contributed by atoms with Gasteiger partial charge < -0.3 is 4.74 Å². The lowest BCUT2D eigenvalue weighted by Gasteiger charge is -2.18. The van der Waals surface area contributed by atoms with Crippen molar-refractivity contribution in [2.45, 2.75) is 26.7 Å². The standard InChI is InChI=1S/C11H13NO3/c1-3-15-10(14)11(7-12)4-8(2)9(5-11)6-13/h6H,3-5H2,1-2H3. The zero-order valence-electron chi connectivity index (χ0n) is 8.87. The molecule has 80 valence electrons. The molecule has 0 amide bonds. The molecule has 0 fully saturated rings. The van der Waals surface area contributed by atoms with Crippen molar-refractivity contribution in [2.24, 2.45) is 5.41 Å². The van der Waals surface area contributed by atoms with Crippen LogP contribution in [-0.2, 0) is 14.3 Å². The first-order valence-electron chi connectivity index (χ1n) is 4.82. The van der Waals surface area contributed by atoms with Crippen LogP contribution in [0.25, 0.3) is 0 Å². The van der Waals surface area contributed by atoms with E-state index in [1.54, 1.807) is 13.8 Å². The van der Waals surface area contributed by atoms with Gasteiger partial charge in [0.15, 0.2) is 5.41 Å². The molecule has 0 aromatic heterocycles. The first-order chi connectivity index (χ1) is 7.09. The average molecular weight is 207 g/mol. The summed E-state index contributed by atoms with van der Waals surface area (Å²) in [6.07, 6.45) is 1.20. The third-order valence-corrected chi connectivity index (χ3v) is 2.63. The predicted molar refractivity (Wildman–Crippen MR) is 52.7 cm³/mol. The molecule has 0 saturated carbocycles. The summed E-state index contributed by atoms with van der Waals surface area (Å²) in [5, 5.41) is 9.05. The molecular weight excluding hydrogens is 194 g/mol. The van der Waals surface area contributed by atoms with Crippen molar-refractivity contribution >= 4 is 12.3 Å². The van der Waals surface area contributed by atoms with Gasteiger partial charge in [-0.2, -0.15) is 5.26 Å². The van der Waals surface area contributed by atoms with Crippen molar-refractivity contribution in [1.82, 2.24) is 0 Å². The van der Waals surface area contributed by atoms with Crippen LogP contribution in [0.5, 0.6) is 0 Å². The Labute approximate surface area is 88.5 Å². The van der Waals surface area contributed by atoms with Crippen LogP contribution in [0.2, 0.25) is 0 Å². The highest BCUT2D eigenvalue weighted by molar-refractivity contribution is 5.86. The second kappa shape index (κ2) is 4.26. The van der Waals surface area contributed by atoms with Crippen molar-refractivity contribution in [3.8, 4) is 6.07 Å². The van der Waals surface area contributed by atoms with Crippen molar-refractivity contribution in [1.29, 1.82) is 5.26 Å². The molecule has 0 aromatic rings. The van der Waals surface area contributed by atoms with E-state index in [9.17, 15) is 9.59 Å². The van der Waals surface area contributed by atoms with Gasteiger partial charge in [-0.05, 0) is 25.8 Å². The molecular formula is C11H13NO3. The van der Waals surface area contributed by atoms with E-state index < -0.39 is 11.4 Å². The molecule has 0 aromatic carbocycles. The number of nitrogens with zero attached hydrogens (tertiary/aromatic N) is 1. The molecule has 0 heterocycles. The minimum absolute atomic E-state index is 0.178. The van der Waals surface area contributed by atoms with Crippen LogP contribution in [0.1, 0.15) is 26.7 Å². The maximum atomic E-state index is 11.6.